The summed E-state index contributed by atoms with van der Waals surface area (Å²) in [5.74, 6) is 7.58. The van der Waals surface area contributed by atoms with Crippen LogP contribution in [0.3, 0.4) is 0 Å². The van der Waals surface area contributed by atoms with Crippen LogP contribution in [0.5, 0.6) is 5.75 Å². The van der Waals surface area contributed by atoms with Gasteiger partial charge in [0.1, 0.15) is 11.8 Å². The standard InChI is InChI=1S/C24H23NO/c1-26-23-18-16-22(17-19-23)25-24(21-13-6-3-7-14-21)15-9-8-12-20-10-4-2-5-11-20/h2-7,10-11,13-14,16-19,24-25H,8,12H2,1H3. The Morgan fingerprint density at radius 1 is 0.846 bits per heavy atom. The summed E-state index contributed by atoms with van der Waals surface area (Å²) in [6.07, 6.45) is 1.82. The fourth-order valence-electron chi connectivity index (χ4n) is 2.73. The van der Waals surface area contributed by atoms with E-state index in [2.05, 4.69) is 53.6 Å². The van der Waals surface area contributed by atoms with Crippen LogP contribution in [0.15, 0.2) is 84.9 Å². The number of hydrogen-bond acceptors (Lipinski definition) is 2. The van der Waals surface area contributed by atoms with Gasteiger partial charge in [-0.1, -0.05) is 66.6 Å². The maximum absolute atomic E-state index is 5.22. The Bertz CT molecular complexity index is 845. The maximum Gasteiger partial charge on any atom is 0.119 e. The second-order valence-electron chi connectivity index (χ2n) is 6.02. The molecule has 1 unspecified atom stereocenters. The van der Waals surface area contributed by atoms with Gasteiger partial charge >= 0.3 is 0 Å². The number of aryl methyl sites for hydroxylation is 1. The van der Waals surface area contributed by atoms with Crippen LogP contribution in [0.25, 0.3) is 0 Å². The minimum Gasteiger partial charge on any atom is -0.497 e. The average molecular weight is 341 g/mol. The van der Waals surface area contributed by atoms with Crippen molar-refractivity contribution in [3.63, 3.8) is 0 Å². The molecule has 0 spiro atoms. The van der Waals surface area contributed by atoms with Crippen molar-refractivity contribution in [2.45, 2.75) is 18.9 Å². The van der Waals surface area contributed by atoms with Gasteiger partial charge in [0.2, 0.25) is 0 Å². The fourth-order valence-corrected chi connectivity index (χ4v) is 2.73. The van der Waals surface area contributed by atoms with E-state index in [0.29, 0.717) is 0 Å². The minimum absolute atomic E-state index is 0.0413. The molecule has 0 fully saturated rings. The number of nitrogens with one attached hydrogen (secondary N) is 1. The molecule has 0 aliphatic rings. The van der Waals surface area contributed by atoms with Crippen LogP contribution >= 0.6 is 0 Å². The molecular weight excluding hydrogens is 318 g/mol. The van der Waals surface area contributed by atoms with Crippen LogP contribution in [0, 0.1) is 11.8 Å². The molecule has 0 saturated heterocycles. The van der Waals surface area contributed by atoms with Crippen LogP contribution in [-0.4, -0.2) is 7.11 Å². The third-order valence-electron chi connectivity index (χ3n) is 4.16. The van der Waals surface area contributed by atoms with Gasteiger partial charge in [0.15, 0.2) is 0 Å². The maximum atomic E-state index is 5.22. The zero-order chi connectivity index (χ0) is 18.0. The van der Waals surface area contributed by atoms with Crippen molar-refractivity contribution in [1.29, 1.82) is 0 Å². The highest BCUT2D eigenvalue weighted by molar-refractivity contribution is 5.50. The summed E-state index contributed by atoms with van der Waals surface area (Å²) in [4.78, 5) is 0. The zero-order valence-electron chi connectivity index (χ0n) is 15.0. The van der Waals surface area contributed by atoms with E-state index in [4.69, 9.17) is 4.74 Å². The van der Waals surface area contributed by atoms with Crippen LogP contribution in [0.2, 0.25) is 0 Å². The highest BCUT2D eigenvalue weighted by atomic mass is 16.5. The highest BCUT2D eigenvalue weighted by Gasteiger charge is 2.07. The zero-order valence-corrected chi connectivity index (χ0v) is 15.0. The Morgan fingerprint density at radius 2 is 1.50 bits per heavy atom. The summed E-state index contributed by atoms with van der Waals surface area (Å²) < 4.78 is 5.22. The second-order valence-corrected chi connectivity index (χ2v) is 6.02. The number of methoxy groups -OCH3 is 1. The Hall–Kier alpha value is -3.18. The van der Waals surface area contributed by atoms with Gasteiger partial charge in [-0.3, -0.25) is 0 Å². The molecule has 0 aliphatic heterocycles. The highest BCUT2D eigenvalue weighted by Crippen LogP contribution is 2.21. The first-order valence-electron chi connectivity index (χ1n) is 8.83. The van der Waals surface area contributed by atoms with Crippen molar-refractivity contribution in [2.75, 3.05) is 12.4 Å². The Morgan fingerprint density at radius 3 is 2.15 bits per heavy atom. The first-order chi connectivity index (χ1) is 12.8. The van der Waals surface area contributed by atoms with Gasteiger partial charge in [-0.05, 0) is 41.8 Å². The smallest absolute Gasteiger partial charge is 0.119 e. The largest absolute Gasteiger partial charge is 0.497 e. The van der Waals surface area contributed by atoms with Gasteiger partial charge in [-0.2, -0.15) is 0 Å². The van der Waals surface area contributed by atoms with Crippen molar-refractivity contribution < 1.29 is 4.74 Å². The fraction of sp³-hybridized carbons (Fsp3) is 0.167. The first kappa shape index (κ1) is 17.6. The predicted molar refractivity (Wildman–Crippen MR) is 108 cm³/mol. The number of ether oxygens (including phenoxy) is 1. The van der Waals surface area contributed by atoms with Gasteiger partial charge < -0.3 is 10.1 Å². The molecule has 3 aromatic carbocycles. The van der Waals surface area contributed by atoms with Crippen LogP contribution < -0.4 is 10.1 Å². The summed E-state index contributed by atoms with van der Waals surface area (Å²) in [6, 6.07) is 28.7. The molecule has 0 aromatic heterocycles. The van der Waals surface area contributed by atoms with Gasteiger partial charge in [-0.25, -0.2) is 0 Å². The molecule has 2 nitrogen and oxygen atoms in total. The number of rotatable bonds is 6. The third kappa shape index (κ3) is 5.16. The molecular formula is C24H23NO. The quantitative estimate of drug-likeness (QED) is 0.599. The summed E-state index contributed by atoms with van der Waals surface area (Å²) in [5.41, 5.74) is 3.51. The van der Waals surface area contributed by atoms with E-state index in [1.54, 1.807) is 7.11 Å². The van der Waals surface area contributed by atoms with E-state index in [9.17, 15) is 0 Å². The topological polar surface area (TPSA) is 21.3 Å². The van der Waals surface area contributed by atoms with Crippen LogP contribution in [0.1, 0.15) is 23.6 Å². The molecule has 1 atom stereocenters. The van der Waals surface area contributed by atoms with E-state index in [-0.39, 0.29) is 6.04 Å². The minimum atomic E-state index is -0.0413. The SMILES string of the molecule is COc1ccc(NC(C#CCCc2ccccc2)c2ccccc2)cc1. The van der Waals surface area contributed by atoms with Crippen molar-refractivity contribution >= 4 is 5.69 Å². The average Bonchev–Trinajstić information content (AvgIpc) is 2.72. The molecule has 1 N–H and O–H groups in total. The molecule has 0 bridgehead atoms. The number of hydrogen-bond donors (Lipinski definition) is 1. The summed E-state index contributed by atoms with van der Waals surface area (Å²) in [6.45, 7) is 0. The lowest BCUT2D eigenvalue weighted by Gasteiger charge is -2.15. The predicted octanol–water partition coefficient (Wildman–Crippen LogP) is 5.48. The molecule has 0 heterocycles. The van der Waals surface area contributed by atoms with Crippen molar-refractivity contribution in [2.24, 2.45) is 0 Å². The molecule has 3 aromatic rings. The van der Waals surface area contributed by atoms with E-state index in [1.165, 1.54) is 5.56 Å². The lowest BCUT2D eigenvalue weighted by molar-refractivity contribution is 0.415. The lowest BCUT2D eigenvalue weighted by Crippen LogP contribution is -2.08. The molecule has 2 heteroatoms. The van der Waals surface area contributed by atoms with Gasteiger partial charge in [0.05, 0.1) is 7.11 Å². The van der Waals surface area contributed by atoms with Gasteiger partial charge in [0, 0.05) is 12.1 Å². The second kappa shape index (κ2) is 9.34. The van der Waals surface area contributed by atoms with E-state index >= 15 is 0 Å². The van der Waals surface area contributed by atoms with Gasteiger partial charge in [-0.15, -0.1) is 5.92 Å². The third-order valence-corrected chi connectivity index (χ3v) is 4.16. The molecule has 0 radical (unpaired) electrons. The number of benzene rings is 3. The molecule has 26 heavy (non-hydrogen) atoms. The van der Waals surface area contributed by atoms with E-state index < -0.39 is 0 Å². The molecule has 3 rings (SSSR count). The van der Waals surface area contributed by atoms with Crippen molar-refractivity contribution in [3.8, 4) is 17.6 Å². The Balaban J connectivity index is 1.70. The van der Waals surface area contributed by atoms with Gasteiger partial charge in [0.25, 0.3) is 0 Å². The summed E-state index contributed by atoms with van der Waals surface area (Å²) in [5, 5.41) is 3.52. The van der Waals surface area contributed by atoms with Crippen LogP contribution in [0.4, 0.5) is 5.69 Å². The molecule has 0 aliphatic carbocycles. The lowest BCUT2D eigenvalue weighted by atomic mass is 10.1. The molecule has 130 valence electrons. The number of anilines is 1. The first-order valence-corrected chi connectivity index (χ1v) is 8.83. The summed E-state index contributed by atoms with van der Waals surface area (Å²) in [7, 11) is 1.67. The monoisotopic (exact) mass is 341 g/mol. The van der Waals surface area contributed by atoms with E-state index in [1.807, 2.05) is 48.5 Å². The van der Waals surface area contributed by atoms with E-state index in [0.717, 1.165) is 29.8 Å². The van der Waals surface area contributed by atoms with Crippen molar-refractivity contribution in [1.82, 2.24) is 0 Å². The normalized spacial score (nSPS) is 11.1. The molecule has 0 saturated carbocycles. The van der Waals surface area contributed by atoms with Crippen molar-refractivity contribution in [3.05, 3.63) is 96.1 Å². The Kier molecular flexibility index (Phi) is 6.34. The van der Waals surface area contributed by atoms with Crippen LogP contribution in [-0.2, 0) is 6.42 Å². The Labute approximate surface area is 155 Å². The summed E-state index contributed by atoms with van der Waals surface area (Å²) >= 11 is 0. The molecule has 0 amide bonds.